The number of aryl methyl sites for hydroxylation is 2. The molecule has 0 saturated heterocycles. The van der Waals surface area contributed by atoms with Gasteiger partial charge in [0.25, 0.3) is 0 Å². The van der Waals surface area contributed by atoms with Crippen molar-refractivity contribution in [3.8, 4) is 34.0 Å². The summed E-state index contributed by atoms with van der Waals surface area (Å²) in [7, 11) is 1.65. The van der Waals surface area contributed by atoms with Gasteiger partial charge in [-0.25, -0.2) is 4.79 Å². The molecule has 0 aliphatic heterocycles. The molecule has 0 aliphatic rings. The minimum absolute atomic E-state index is 0.191. The lowest BCUT2D eigenvalue weighted by Crippen LogP contribution is -2.06. The van der Waals surface area contributed by atoms with E-state index < -0.39 is 5.97 Å². The van der Waals surface area contributed by atoms with Gasteiger partial charge in [-0.1, -0.05) is 49.4 Å². The van der Waals surface area contributed by atoms with E-state index in [-0.39, 0.29) is 5.56 Å². The first-order chi connectivity index (χ1) is 16.6. The van der Waals surface area contributed by atoms with E-state index in [2.05, 4.69) is 12.1 Å². The molecular weight excluding hydrogens is 428 g/mol. The molecule has 1 heterocycles. The quantitative estimate of drug-likeness (QED) is 0.319. The lowest BCUT2D eigenvalue weighted by atomic mass is 10.0. The van der Waals surface area contributed by atoms with E-state index in [1.54, 1.807) is 25.3 Å². The molecule has 0 spiro atoms. The van der Waals surface area contributed by atoms with Crippen molar-refractivity contribution in [3.05, 3.63) is 90.0 Å². The molecule has 3 aromatic carbocycles. The number of rotatable bonds is 10. The predicted molar refractivity (Wildman–Crippen MR) is 133 cm³/mol. The number of methoxy groups -OCH3 is 1. The van der Waals surface area contributed by atoms with Crippen LogP contribution in [0.3, 0.4) is 0 Å². The Labute approximate surface area is 199 Å². The van der Waals surface area contributed by atoms with Crippen LogP contribution in [-0.4, -0.2) is 34.6 Å². The Kier molecular flexibility index (Phi) is 7.28. The van der Waals surface area contributed by atoms with Crippen molar-refractivity contribution < 1.29 is 19.4 Å². The zero-order chi connectivity index (χ0) is 23.9. The van der Waals surface area contributed by atoms with Crippen molar-refractivity contribution in [1.29, 1.82) is 0 Å². The van der Waals surface area contributed by atoms with E-state index in [9.17, 15) is 9.90 Å². The number of ether oxygens (including phenoxy) is 2. The van der Waals surface area contributed by atoms with Crippen LogP contribution in [0.4, 0.5) is 0 Å². The van der Waals surface area contributed by atoms with Crippen molar-refractivity contribution in [3.63, 3.8) is 0 Å². The molecule has 0 saturated carbocycles. The zero-order valence-electron chi connectivity index (χ0n) is 19.4. The van der Waals surface area contributed by atoms with Crippen LogP contribution in [0.5, 0.6) is 11.5 Å². The molecule has 1 N–H and O–H groups in total. The van der Waals surface area contributed by atoms with Gasteiger partial charge in [0, 0.05) is 17.7 Å². The molecule has 0 radical (unpaired) electrons. The van der Waals surface area contributed by atoms with E-state index in [0.29, 0.717) is 30.2 Å². The maximum absolute atomic E-state index is 11.7. The second-order valence-electron chi connectivity index (χ2n) is 7.94. The van der Waals surface area contributed by atoms with Gasteiger partial charge in [0.05, 0.1) is 30.7 Å². The highest BCUT2D eigenvalue weighted by atomic mass is 16.5. The third kappa shape index (κ3) is 5.12. The van der Waals surface area contributed by atoms with Gasteiger partial charge in [0.15, 0.2) is 0 Å². The van der Waals surface area contributed by atoms with Gasteiger partial charge in [-0.3, -0.25) is 4.68 Å². The number of carboxylic acid groups (broad SMARTS) is 1. The first kappa shape index (κ1) is 23.1. The minimum Gasteiger partial charge on any atom is -0.496 e. The van der Waals surface area contributed by atoms with Crippen LogP contribution in [0, 0.1) is 0 Å². The van der Waals surface area contributed by atoms with E-state index in [4.69, 9.17) is 14.6 Å². The highest BCUT2D eigenvalue weighted by Crippen LogP contribution is 2.36. The monoisotopic (exact) mass is 456 g/mol. The fourth-order valence-electron chi connectivity index (χ4n) is 3.87. The van der Waals surface area contributed by atoms with Crippen LogP contribution in [0.2, 0.25) is 0 Å². The van der Waals surface area contributed by atoms with Crippen molar-refractivity contribution in [2.24, 2.45) is 0 Å². The number of aromatic nitrogens is 2. The average molecular weight is 457 g/mol. The number of hydrogen-bond acceptors (Lipinski definition) is 4. The third-order valence-corrected chi connectivity index (χ3v) is 5.58. The lowest BCUT2D eigenvalue weighted by Gasteiger charge is -2.11. The highest BCUT2D eigenvalue weighted by Gasteiger charge is 2.19. The van der Waals surface area contributed by atoms with Crippen molar-refractivity contribution in [2.45, 2.75) is 26.3 Å². The average Bonchev–Trinajstić information content (AvgIpc) is 3.30. The van der Waals surface area contributed by atoms with Crippen molar-refractivity contribution >= 4 is 5.97 Å². The number of carboxylic acids is 1. The second kappa shape index (κ2) is 10.7. The molecule has 6 heteroatoms. The summed E-state index contributed by atoms with van der Waals surface area (Å²) in [5.41, 5.74) is 4.53. The molecule has 0 unspecified atom stereocenters. The van der Waals surface area contributed by atoms with Crippen LogP contribution in [0.25, 0.3) is 22.5 Å². The van der Waals surface area contributed by atoms with Crippen LogP contribution in [-0.2, 0) is 13.0 Å². The van der Waals surface area contributed by atoms with Crippen LogP contribution in [0.1, 0.15) is 29.3 Å². The van der Waals surface area contributed by atoms with E-state index in [1.165, 1.54) is 5.56 Å². The van der Waals surface area contributed by atoms with E-state index >= 15 is 0 Å². The summed E-state index contributed by atoms with van der Waals surface area (Å²) in [6.07, 6.45) is 1.65. The maximum Gasteiger partial charge on any atom is 0.335 e. The molecule has 6 nitrogen and oxygen atoms in total. The summed E-state index contributed by atoms with van der Waals surface area (Å²) >= 11 is 0. The van der Waals surface area contributed by atoms with Crippen LogP contribution < -0.4 is 9.47 Å². The van der Waals surface area contributed by atoms with Gasteiger partial charge < -0.3 is 14.6 Å². The largest absolute Gasteiger partial charge is 0.496 e. The van der Waals surface area contributed by atoms with Crippen LogP contribution >= 0.6 is 0 Å². The first-order valence-corrected chi connectivity index (χ1v) is 11.4. The Morgan fingerprint density at radius 2 is 1.71 bits per heavy atom. The molecule has 174 valence electrons. The fourth-order valence-corrected chi connectivity index (χ4v) is 3.87. The lowest BCUT2D eigenvalue weighted by molar-refractivity contribution is 0.0697. The Morgan fingerprint density at radius 1 is 0.941 bits per heavy atom. The maximum atomic E-state index is 11.7. The normalized spacial score (nSPS) is 10.8. The van der Waals surface area contributed by atoms with Gasteiger partial charge in [0.2, 0.25) is 0 Å². The summed E-state index contributed by atoms with van der Waals surface area (Å²) in [6, 6.07) is 24.9. The molecule has 4 rings (SSSR count). The Morgan fingerprint density at radius 3 is 2.44 bits per heavy atom. The molecule has 0 bridgehead atoms. The Bertz CT molecular complexity index is 1260. The Balaban J connectivity index is 1.82. The molecule has 4 aromatic rings. The van der Waals surface area contributed by atoms with E-state index in [0.717, 1.165) is 29.8 Å². The van der Waals surface area contributed by atoms with Gasteiger partial charge >= 0.3 is 5.97 Å². The molecule has 0 aliphatic carbocycles. The molecule has 0 fully saturated rings. The van der Waals surface area contributed by atoms with E-state index in [1.807, 2.05) is 60.1 Å². The number of aromatic carboxylic acids is 1. The summed E-state index contributed by atoms with van der Waals surface area (Å²) in [5.74, 6) is 0.375. The minimum atomic E-state index is -0.989. The molecular formula is C28H28N2O4. The zero-order valence-corrected chi connectivity index (χ0v) is 19.4. The van der Waals surface area contributed by atoms with Crippen LogP contribution in [0.15, 0.2) is 78.9 Å². The molecule has 1 aromatic heterocycles. The second-order valence-corrected chi connectivity index (χ2v) is 7.94. The molecule has 34 heavy (non-hydrogen) atoms. The number of para-hydroxylation sites is 1. The number of benzene rings is 3. The standard InChI is InChI=1S/C28H28N2O4/c1-3-17-34-27-14-13-21(28(31)32)18-23(27)24-19-25(22-11-7-8-12-26(22)33-2)30(29-24)16-15-20-9-5-4-6-10-20/h4-14,18-19H,3,15-17H2,1-2H3,(H,31,32). The third-order valence-electron chi connectivity index (χ3n) is 5.58. The van der Waals surface area contributed by atoms with Crippen molar-refractivity contribution in [1.82, 2.24) is 9.78 Å². The highest BCUT2D eigenvalue weighted by molar-refractivity contribution is 5.90. The van der Waals surface area contributed by atoms with Gasteiger partial charge in [-0.05, 0) is 54.8 Å². The number of hydrogen-bond donors (Lipinski definition) is 1. The first-order valence-electron chi connectivity index (χ1n) is 11.4. The Hall–Kier alpha value is -4.06. The summed E-state index contributed by atoms with van der Waals surface area (Å²) < 4.78 is 13.5. The summed E-state index contributed by atoms with van der Waals surface area (Å²) in [5, 5.41) is 14.5. The van der Waals surface area contributed by atoms with Gasteiger partial charge in [-0.15, -0.1) is 0 Å². The molecule has 0 atom stereocenters. The summed E-state index contributed by atoms with van der Waals surface area (Å²) in [4.78, 5) is 11.7. The van der Waals surface area contributed by atoms with Gasteiger partial charge in [0.1, 0.15) is 11.5 Å². The summed E-state index contributed by atoms with van der Waals surface area (Å²) in [6.45, 7) is 3.22. The topological polar surface area (TPSA) is 73.6 Å². The molecule has 0 amide bonds. The predicted octanol–water partition coefficient (Wildman–Crippen LogP) is 5.96. The van der Waals surface area contributed by atoms with Crippen molar-refractivity contribution in [2.75, 3.05) is 13.7 Å². The number of nitrogens with zero attached hydrogens (tertiary/aromatic N) is 2. The number of carbonyl (C=O) groups is 1. The fraction of sp³-hybridized carbons (Fsp3) is 0.214. The SMILES string of the molecule is CCCOc1ccc(C(=O)O)cc1-c1cc(-c2ccccc2OC)n(CCc2ccccc2)n1. The van der Waals surface area contributed by atoms with Gasteiger partial charge in [-0.2, -0.15) is 5.10 Å². The smallest absolute Gasteiger partial charge is 0.335 e.